The standard InChI is InChI=1S/C35H30N2O4/c1-3-4-12-19-41-27-20-26(36-25-18-11-8-13-21(25)2)29-30-28(23-16-9-10-17-24(23)34(29)39)31(35(40)37-32(27)30)33(38)22-14-6-5-7-15-22/h5-11,13-18,20,36,38H,3-4,12,19H2,1-2H3/b33-31-. The van der Waals surface area contributed by atoms with Crippen LogP contribution in [0.2, 0.25) is 0 Å². The molecule has 0 radical (unpaired) electrons. The van der Waals surface area contributed by atoms with Crippen LogP contribution in [0.5, 0.6) is 5.75 Å². The molecule has 41 heavy (non-hydrogen) atoms. The van der Waals surface area contributed by atoms with Gasteiger partial charge in [-0.2, -0.15) is 0 Å². The third kappa shape index (κ3) is 4.61. The number of aliphatic hydroxyl groups excluding tert-OH is 1. The van der Waals surface area contributed by atoms with E-state index < -0.39 is 5.56 Å². The lowest BCUT2D eigenvalue weighted by Gasteiger charge is -2.17. The van der Waals surface area contributed by atoms with Crippen molar-refractivity contribution in [1.82, 2.24) is 4.98 Å². The second-order valence-corrected chi connectivity index (χ2v) is 10.3. The van der Waals surface area contributed by atoms with Gasteiger partial charge in [0, 0.05) is 33.1 Å². The third-order valence-electron chi connectivity index (χ3n) is 7.56. The number of fused-ring (bicyclic) bond motifs is 2. The molecule has 0 saturated carbocycles. The molecule has 1 heterocycles. The van der Waals surface area contributed by atoms with Gasteiger partial charge in [0.1, 0.15) is 17.0 Å². The highest BCUT2D eigenvalue weighted by molar-refractivity contribution is 5.97. The Morgan fingerprint density at radius 1 is 0.854 bits per heavy atom. The van der Waals surface area contributed by atoms with Crippen LogP contribution in [0, 0.1) is 17.4 Å². The van der Waals surface area contributed by atoms with E-state index in [-0.39, 0.29) is 16.4 Å². The number of aliphatic hydroxyl groups is 1. The van der Waals surface area contributed by atoms with Gasteiger partial charge in [-0.05, 0) is 30.4 Å². The van der Waals surface area contributed by atoms with E-state index in [1.165, 1.54) is 0 Å². The van der Waals surface area contributed by atoms with E-state index in [1.54, 1.807) is 42.5 Å². The lowest BCUT2D eigenvalue weighted by molar-refractivity contribution is 0.309. The minimum absolute atomic E-state index is 0.0647. The number of para-hydroxylation sites is 1. The van der Waals surface area contributed by atoms with Crippen molar-refractivity contribution in [3.63, 3.8) is 0 Å². The normalized spacial score (nSPS) is 12.2. The smallest absolute Gasteiger partial charge is 0.282 e. The number of aryl methyl sites for hydroxylation is 1. The molecule has 6 heteroatoms. The van der Waals surface area contributed by atoms with E-state index in [9.17, 15) is 14.7 Å². The molecule has 0 aromatic heterocycles. The fourth-order valence-electron chi connectivity index (χ4n) is 5.49. The highest BCUT2D eigenvalue weighted by atomic mass is 16.5. The van der Waals surface area contributed by atoms with Crippen LogP contribution < -0.4 is 26.3 Å². The Morgan fingerprint density at radius 3 is 2.32 bits per heavy atom. The molecule has 0 bridgehead atoms. The first-order valence-electron chi connectivity index (χ1n) is 13.9. The lowest BCUT2D eigenvalue weighted by Crippen LogP contribution is -2.33. The number of rotatable bonds is 8. The van der Waals surface area contributed by atoms with Crippen LogP contribution in [0.3, 0.4) is 0 Å². The Kier molecular flexibility index (Phi) is 6.98. The maximum Gasteiger partial charge on any atom is 0.282 e. The van der Waals surface area contributed by atoms with Gasteiger partial charge < -0.3 is 15.2 Å². The Hall–Kier alpha value is -4.97. The summed E-state index contributed by atoms with van der Waals surface area (Å²) >= 11 is 0. The summed E-state index contributed by atoms with van der Waals surface area (Å²) < 4.78 is 6.25. The summed E-state index contributed by atoms with van der Waals surface area (Å²) in [6.45, 7) is 4.57. The second-order valence-electron chi connectivity index (χ2n) is 10.3. The van der Waals surface area contributed by atoms with E-state index in [2.05, 4.69) is 17.2 Å². The van der Waals surface area contributed by atoms with Crippen molar-refractivity contribution < 1.29 is 9.84 Å². The van der Waals surface area contributed by atoms with Gasteiger partial charge in [-0.3, -0.25) is 9.59 Å². The first-order chi connectivity index (χ1) is 20.0. The van der Waals surface area contributed by atoms with Crippen molar-refractivity contribution in [2.45, 2.75) is 33.1 Å². The summed E-state index contributed by atoms with van der Waals surface area (Å²) in [7, 11) is 0. The topological polar surface area (TPSA) is 88.5 Å². The van der Waals surface area contributed by atoms with Crippen LogP contribution in [-0.4, -0.2) is 16.7 Å². The molecule has 0 spiro atoms. The number of anilines is 2. The molecule has 204 valence electrons. The van der Waals surface area contributed by atoms with Crippen LogP contribution in [0.25, 0.3) is 27.4 Å². The Bertz CT molecular complexity index is 2130. The SMILES string of the molecule is CCCCCOc1cc(Nc2ccccc2C)c2c3c1nc(=O)/c(=C(\O)c1ccccc1)c=3c1ccccc1c2=O. The molecule has 0 atom stereocenters. The summed E-state index contributed by atoms with van der Waals surface area (Å²) in [6.07, 6.45) is 2.89. The van der Waals surface area contributed by atoms with Crippen molar-refractivity contribution in [3.05, 3.63) is 132 Å². The van der Waals surface area contributed by atoms with Crippen LogP contribution in [0.15, 0.2) is 94.5 Å². The molecule has 0 fully saturated rings. The van der Waals surface area contributed by atoms with E-state index in [0.29, 0.717) is 55.7 Å². The maximum absolute atomic E-state index is 14.2. The third-order valence-corrected chi connectivity index (χ3v) is 7.56. The maximum atomic E-state index is 14.2. The fourth-order valence-corrected chi connectivity index (χ4v) is 5.49. The zero-order valence-electron chi connectivity index (χ0n) is 23.0. The van der Waals surface area contributed by atoms with Gasteiger partial charge in [-0.1, -0.05) is 92.6 Å². The molecule has 6 rings (SSSR count). The van der Waals surface area contributed by atoms with Crippen LogP contribution >= 0.6 is 0 Å². The number of hydrogen-bond acceptors (Lipinski definition) is 6. The molecular formula is C35H30N2O4. The number of nitrogens with zero attached hydrogens (tertiary/aromatic N) is 1. The monoisotopic (exact) mass is 542 g/mol. The molecule has 4 aromatic carbocycles. The number of nitrogens with one attached hydrogen (secondary N) is 1. The summed E-state index contributed by atoms with van der Waals surface area (Å²) in [4.78, 5) is 32.4. The molecule has 0 amide bonds. The molecule has 2 aliphatic rings. The van der Waals surface area contributed by atoms with Gasteiger partial charge in [0.2, 0.25) is 0 Å². The quantitative estimate of drug-likeness (QED) is 0.219. The summed E-state index contributed by atoms with van der Waals surface area (Å²) in [5, 5.41) is 17.5. The van der Waals surface area contributed by atoms with Gasteiger partial charge in [-0.15, -0.1) is 0 Å². The average Bonchev–Trinajstić information content (AvgIpc) is 2.99. The van der Waals surface area contributed by atoms with Crippen LogP contribution in [-0.2, 0) is 0 Å². The fraction of sp³-hybridized carbons (Fsp3) is 0.171. The highest BCUT2D eigenvalue weighted by Crippen LogP contribution is 2.34. The van der Waals surface area contributed by atoms with Crippen molar-refractivity contribution in [3.8, 4) is 5.75 Å². The predicted molar refractivity (Wildman–Crippen MR) is 165 cm³/mol. The van der Waals surface area contributed by atoms with Crippen LogP contribution in [0.1, 0.15) is 37.3 Å². The molecule has 0 unspecified atom stereocenters. The van der Waals surface area contributed by atoms with Gasteiger partial charge in [-0.25, -0.2) is 4.98 Å². The number of aromatic nitrogens is 1. The van der Waals surface area contributed by atoms with Gasteiger partial charge in [0.05, 0.1) is 22.9 Å². The van der Waals surface area contributed by atoms with Crippen LogP contribution in [0.4, 0.5) is 11.4 Å². The Balaban J connectivity index is 1.83. The molecule has 2 N–H and O–H groups in total. The predicted octanol–water partition coefficient (Wildman–Crippen LogP) is 6.33. The van der Waals surface area contributed by atoms with E-state index >= 15 is 0 Å². The molecule has 1 aliphatic heterocycles. The number of hydrogen-bond donors (Lipinski definition) is 2. The van der Waals surface area contributed by atoms with E-state index in [4.69, 9.17) is 4.74 Å². The van der Waals surface area contributed by atoms with Gasteiger partial charge in [0.25, 0.3) is 5.56 Å². The number of ether oxygens (including phenoxy) is 1. The van der Waals surface area contributed by atoms with Crippen molar-refractivity contribution in [1.29, 1.82) is 0 Å². The number of benzene rings is 4. The Labute approximate surface area is 236 Å². The van der Waals surface area contributed by atoms with E-state index in [0.717, 1.165) is 30.5 Å². The largest absolute Gasteiger partial charge is 0.506 e. The highest BCUT2D eigenvalue weighted by Gasteiger charge is 2.21. The zero-order chi connectivity index (χ0) is 28.5. The van der Waals surface area contributed by atoms with E-state index in [1.807, 2.05) is 49.4 Å². The zero-order valence-corrected chi connectivity index (χ0v) is 23.0. The first-order valence-corrected chi connectivity index (χ1v) is 13.9. The summed E-state index contributed by atoms with van der Waals surface area (Å²) in [5.74, 6) is 0.241. The van der Waals surface area contributed by atoms with Gasteiger partial charge >= 0.3 is 0 Å². The molecule has 6 nitrogen and oxygen atoms in total. The van der Waals surface area contributed by atoms with Crippen molar-refractivity contribution >= 4 is 38.8 Å². The summed E-state index contributed by atoms with van der Waals surface area (Å²) in [5.41, 5.74) is 2.46. The lowest BCUT2D eigenvalue weighted by atomic mass is 9.96. The molecular weight excluding hydrogens is 512 g/mol. The van der Waals surface area contributed by atoms with Crippen molar-refractivity contribution in [2.24, 2.45) is 0 Å². The number of unbranched alkanes of at least 4 members (excludes halogenated alkanes) is 2. The molecule has 4 aromatic rings. The average molecular weight is 543 g/mol. The summed E-state index contributed by atoms with van der Waals surface area (Å²) in [6, 6.07) is 25.7. The second kappa shape index (κ2) is 10.9. The molecule has 1 aliphatic carbocycles. The minimum atomic E-state index is -0.582. The molecule has 0 saturated heterocycles. The minimum Gasteiger partial charge on any atom is -0.506 e. The first kappa shape index (κ1) is 26.3. The van der Waals surface area contributed by atoms with Crippen molar-refractivity contribution in [2.75, 3.05) is 11.9 Å². The van der Waals surface area contributed by atoms with Gasteiger partial charge in [0.15, 0.2) is 5.43 Å². The Morgan fingerprint density at radius 2 is 1.56 bits per heavy atom.